The highest BCUT2D eigenvalue weighted by atomic mass is 16.5. The van der Waals surface area contributed by atoms with Crippen molar-refractivity contribution in [2.75, 3.05) is 6.54 Å². The third-order valence-electron chi connectivity index (χ3n) is 2.21. The molecule has 15 heavy (non-hydrogen) atoms. The summed E-state index contributed by atoms with van der Waals surface area (Å²) in [6, 6.07) is 3.92. The number of hydrogen-bond donors (Lipinski definition) is 1. The summed E-state index contributed by atoms with van der Waals surface area (Å²) < 4.78 is 5.19. The van der Waals surface area contributed by atoms with Crippen molar-refractivity contribution in [2.45, 2.75) is 13.3 Å². The van der Waals surface area contributed by atoms with Crippen LogP contribution in [0.4, 0.5) is 0 Å². The van der Waals surface area contributed by atoms with Gasteiger partial charge in [-0.1, -0.05) is 5.16 Å². The van der Waals surface area contributed by atoms with Gasteiger partial charge in [0, 0.05) is 11.8 Å². The van der Waals surface area contributed by atoms with Gasteiger partial charge in [-0.15, -0.1) is 0 Å². The number of aryl methyl sites for hydroxylation is 1. The van der Waals surface area contributed by atoms with Crippen molar-refractivity contribution in [1.29, 1.82) is 0 Å². The number of hydrogen-bond acceptors (Lipinski definition) is 4. The van der Waals surface area contributed by atoms with E-state index in [1.165, 1.54) is 0 Å². The minimum absolute atomic E-state index is 0.583. The zero-order chi connectivity index (χ0) is 10.7. The zero-order valence-corrected chi connectivity index (χ0v) is 8.60. The van der Waals surface area contributed by atoms with Crippen LogP contribution in [-0.2, 0) is 6.42 Å². The molecule has 4 heteroatoms. The SMILES string of the molecule is Cc1ccnc(-c2oncc2CCN)c1. The lowest BCUT2D eigenvalue weighted by molar-refractivity contribution is 0.430. The first-order chi connectivity index (χ1) is 7.31. The molecular formula is C11H13N3O. The highest BCUT2D eigenvalue weighted by Crippen LogP contribution is 2.22. The predicted molar refractivity (Wildman–Crippen MR) is 57.2 cm³/mol. The number of pyridine rings is 1. The van der Waals surface area contributed by atoms with Gasteiger partial charge in [0.1, 0.15) is 5.69 Å². The molecule has 2 aromatic rings. The van der Waals surface area contributed by atoms with Gasteiger partial charge in [0.25, 0.3) is 0 Å². The molecule has 0 saturated heterocycles. The summed E-state index contributed by atoms with van der Waals surface area (Å²) in [4.78, 5) is 4.25. The number of aromatic nitrogens is 2. The van der Waals surface area contributed by atoms with Crippen LogP contribution in [0.2, 0.25) is 0 Å². The molecule has 2 heterocycles. The maximum absolute atomic E-state index is 5.51. The van der Waals surface area contributed by atoms with Crippen molar-refractivity contribution in [3.8, 4) is 11.5 Å². The summed E-state index contributed by atoms with van der Waals surface area (Å²) in [5, 5.41) is 3.78. The predicted octanol–water partition coefficient (Wildman–Crippen LogP) is 1.55. The summed E-state index contributed by atoms with van der Waals surface area (Å²) >= 11 is 0. The molecule has 0 fully saturated rings. The fraction of sp³-hybridized carbons (Fsp3) is 0.273. The Hall–Kier alpha value is -1.68. The molecule has 0 aliphatic rings. The second kappa shape index (κ2) is 4.23. The number of nitrogens with two attached hydrogens (primary N) is 1. The zero-order valence-electron chi connectivity index (χ0n) is 8.60. The van der Waals surface area contributed by atoms with Gasteiger partial charge < -0.3 is 10.3 Å². The number of rotatable bonds is 3. The first-order valence-electron chi connectivity index (χ1n) is 4.88. The Balaban J connectivity index is 2.40. The summed E-state index contributed by atoms with van der Waals surface area (Å²) in [7, 11) is 0. The van der Waals surface area contributed by atoms with Crippen LogP contribution in [-0.4, -0.2) is 16.7 Å². The fourth-order valence-electron chi connectivity index (χ4n) is 1.47. The molecule has 0 saturated carbocycles. The Kier molecular flexibility index (Phi) is 2.78. The smallest absolute Gasteiger partial charge is 0.188 e. The monoisotopic (exact) mass is 203 g/mol. The van der Waals surface area contributed by atoms with E-state index in [-0.39, 0.29) is 0 Å². The summed E-state index contributed by atoms with van der Waals surface area (Å²) in [5.41, 5.74) is 8.48. The molecule has 0 aliphatic carbocycles. The minimum Gasteiger partial charge on any atom is -0.354 e. The van der Waals surface area contributed by atoms with Crippen molar-refractivity contribution in [3.63, 3.8) is 0 Å². The molecule has 4 nitrogen and oxygen atoms in total. The molecule has 0 aliphatic heterocycles. The van der Waals surface area contributed by atoms with Crippen LogP contribution in [0.5, 0.6) is 0 Å². The molecule has 2 rings (SSSR count). The quantitative estimate of drug-likeness (QED) is 0.821. The van der Waals surface area contributed by atoms with Crippen LogP contribution in [0.25, 0.3) is 11.5 Å². The van der Waals surface area contributed by atoms with Gasteiger partial charge in [-0.2, -0.15) is 0 Å². The van der Waals surface area contributed by atoms with Crippen LogP contribution < -0.4 is 5.73 Å². The molecule has 0 aromatic carbocycles. The lowest BCUT2D eigenvalue weighted by atomic mass is 10.1. The van der Waals surface area contributed by atoms with E-state index in [0.717, 1.165) is 29.0 Å². The van der Waals surface area contributed by atoms with Crippen LogP contribution in [0.1, 0.15) is 11.1 Å². The Bertz CT molecular complexity index is 451. The van der Waals surface area contributed by atoms with Gasteiger partial charge in [0.15, 0.2) is 5.76 Å². The molecule has 2 N–H and O–H groups in total. The fourth-order valence-corrected chi connectivity index (χ4v) is 1.47. The highest BCUT2D eigenvalue weighted by Gasteiger charge is 2.10. The third-order valence-corrected chi connectivity index (χ3v) is 2.21. The third kappa shape index (κ3) is 2.05. The Morgan fingerprint density at radius 2 is 2.33 bits per heavy atom. The highest BCUT2D eigenvalue weighted by molar-refractivity contribution is 5.56. The van der Waals surface area contributed by atoms with E-state index in [1.54, 1.807) is 12.4 Å². The van der Waals surface area contributed by atoms with E-state index in [1.807, 2.05) is 19.1 Å². The first kappa shape index (κ1) is 9.86. The molecule has 78 valence electrons. The van der Waals surface area contributed by atoms with Crippen LogP contribution >= 0.6 is 0 Å². The molecule has 2 aromatic heterocycles. The molecule has 0 spiro atoms. The van der Waals surface area contributed by atoms with Gasteiger partial charge in [-0.05, 0) is 37.6 Å². The average molecular weight is 203 g/mol. The van der Waals surface area contributed by atoms with Gasteiger partial charge in [-0.3, -0.25) is 4.98 Å². The minimum atomic E-state index is 0.583. The van der Waals surface area contributed by atoms with E-state index < -0.39 is 0 Å². The normalized spacial score (nSPS) is 10.5. The van der Waals surface area contributed by atoms with Crippen molar-refractivity contribution >= 4 is 0 Å². The van der Waals surface area contributed by atoms with Gasteiger partial charge in [-0.25, -0.2) is 0 Å². The van der Waals surface area contributed by atoms with Crippen molar-refractivity contribution in [3.05, 3.63) is 35.7 Å². The number of nitrogens with zero attached hydrogens (tertiary/aromatic N) is 2. The van der Waals surface area contributed by atoms with Gasteiger partial charge in [0.05, 0.1) is 6.20 Å². The molecule has 0 atom stereocenters. The summed E-state index contributed by atoms with van der Waals surface area (Å²) in [6.45, 7) is 2.60. The first-order valence-corrected chi connectivity index (χ1v) is 4.88. The topological polar surface area (TPSA) is 64.9 Å². The standard InChI is InChI=1S/C11H13N3O/c1-8-3-5-13-10(6-8)11-9(2-4-12)7-14-15-11/h3,5-7H,2,4,12H2,1H3. The second-order valence-electron chi connectivity index (χ2n) is 3.44. The summed E-state index contributed by atoms with van der Waals surface area (Å²) in [6.07, 6.45) is 4.22. The molecule has 0 bridgehead atoms. The molecule has 0 unspecified atom stereocenters. The largest absolute Gasteiger partial charge is 0.354 e. The maximum Gasteiger partial charge on any atom is 0.188 e. The Labute approximate surface area is 88.1 Å². The van der Waals surface area contributed by atoms with E-state index in [4.69, 9.17) is 10.3 Å². The van der Waals surface area contributed by atoms with E-state index in [2.05, 4.69) is 10.1 Å². The molecule has 0 amide bonds. The van der Waals surface area contributed by atoms with Gasteiger partial charge >= 0.3 is 0 Å². The van der Waals surface area contributed by atoms with Crippen LogP contribution in [0.3, 0.4) is 0 Å². The van der Waals surface area contributed by atoms with Gasteiger partial charge in [0.2, 0.25) is 0 Å². The van der Waals surface area contributed by atoms with Crippen LogP contribution in [0, 0.1) is 6.92 Å². The van der Waals surface area contributed by atoms with Crippen molar-refractivity contribution < 1.29 is 4.52 Å². The van der Waals surface area contributed by atoms with Crippen LogP contribution in [0.15, 0.2) is 29.0 Å². The summed E-state index contributed by atoms with van der Waals surface area (Å²) in [5.74, 6) is 0.726. The van der Waals surface area contributed by atoms with Crippen molar-refractivity contribution in [2.24, 2.45) is 5.73 Å². The lowest BCUT2D eigenvalue weighted by Crippen LogP contribution is -2.02. The van der Waals surface area contributed by atoms with E-state index in [9.17, 15) is 0 Å². The molecule has 0 radical (unpaired) electrons. The average Bonchev–Trinajstić information content (AvgIpc) is 2.66. The van der Waals surface area contributed by atoms with E-state index >= 15 is 0 Å². The Morgan fingerprint density at radius 1 is 1.47 bits per heavy atom. The Morgan fingerprint density at radius 3 is 3.07 bits per heavy atom. The van der Waals surface area contributed by atoms with Crippen molar-refractivity contribution in [1.82, 2.24) is 10.1 Å². The lowest BCUT2D eigenvalue weighted by Gasteiger charge is -1.99. The molecular weight excluding hydrogens is 190 g/mol. The maximum atomic E-state index is 5.51. The van der Waals surface area contributed by atoms with E-state index in [0.29, 0.717) is 6.54 Å². The second-order valence-corrected chi connectivity index (χ2v) is 3.44.